The summed E-state index contributed by atoms with van der Waals surface area (Å²) in [5, 5.41) is 9.82. The Hall–Kier alpha value is -3.13. The molecule has 0 radical (unpaired) electrons. The van der Waals surface area contributed by atoms with Crippen molar-refractivity contribution in [1.82, 2.24) is 14.2 Å². The van der Waals surface area contributed by atoms with E-state index in [9.17, 15) is 18.3 Å². The second-order valence-electron chi connectivity index (χ2n) is 9.22. The number of fused-ring (bicyclic) bond motifs is 1. The van der Waals surface area contributed by atoms with Crippen LogP contribution in [0.3, 0.4) is 0 Å². The van der Waals surface area contributed by atoms with E-state index in [2.05, 4.69) is 16.8 Å². The molecular weight excluding hydrogens is 494 g/mol. The molecule has 200 valence electrons. The molecule has 3 rings (SSSR count). The number of aliphatic hydroxyl groups is 1. The van der Waals surface area contributed by atoms with Crippen LogP contribution in [0.15, 0.2) is 41.4 Å². The average Bonchev–Trinajstić information content (AvgIpc) is 2.90. The number of hydrogen-bond donors (Lipinski definition) is 1. The molecule has 1 aromatic heterocycles. The first kappa shape index (κ1) is 28.4. The molecule has 0 saturated heterocycles. The third-order valence-electron chi connectivity index (χ3n) is 6.32. The first-order chi connectivity index (χ1) is 17.6. The van der Waals surface area contributed by atoms with Crippen LogP contribution in [0.5, 0.6) is 11.6 Å². The number of unbranched alkanes of at least 4 members (excludes halogenated alkanes) is 1. The van der Waals surface area contributed by atoms with Crippen molar-refractivity contribution < 1.29 is 27.8 Å². The van der Waals surface area contributed by atoms with Crippen molar-refractivity contribution in [3.05, 3.63) is 47.7 Å². The maximum absolute atomic E-state index is 13.5. The summed E-state index contributed by atoms with van der Waals surface area (Å²) in [5.41, 5.74) is 0.822. The highest BCUT2D eigenvalue weighted by atomic mass is 32.2. The normalized spacial score (nSPS) is 18.7. The zero-order chi connectivity index (χ0) is 27.2. The molecule has 37 heavy (non-hydrogen) atoms. The van der Waals surface area contributed by atoms with Gasteiger partial charge in [-0.3, -0.25) is 4.79 Å². The number of aliphatic hydroxyl groups excluding tert-OH is 1. The SMILES string of the molecule is CCCC#Cc1cnc2c(c1)C(=O)N([C@H](C)CO)C[C@H](C)[C@H](CN(C)S(=O)(=O)c1cccc(OC)c1)O2. The van der Waals surface area contributed by atoms with Crippen LogP contribution < -0.4 is 9.47 Å². The summed E-state index contributed by atoms with van der Waals surface area (Å²) >= 11 is 0. The van der Waals surface area contributed by atoms with E-state index in [0.29, 0.717) is 11.3 Å². The molecule has 1 aliphatic rings. The van der Waals surface area contributed by atoms with Crippen LogP contribution >= 0.6 is 0 Å². The number of methoxy groups -OCH3 is 1. The number of amides is 1. The molecule has 0 unspecified atom stereocenters. The lowest BCUT2D eigenvalue weighted by atomic mass is 10.0. The fourth-order valence-corrected chi connectivity index (χ4v) is 5.19. The Labute approximate surface area is 219 Å². The molecule has 3 atom stereocenters. The summed E-state index contributed by atoms with van der Waals surface area (Å²) in [4.78, 5) is 19.6. The Kier molecular flexibility index (Phi) is 9.54. The van der Waals surface area contributed by atoms with E-state index in [0.717, 1.165) is 12.8 Å². The lowest BCUT2D eigenvalue weighted by molar-refractivity contribution is 0.0373. The van der Waals surface area contributed by atoms with Gasteiger partial charge in [-0.15, -0.1) is 0 Å². The molecule has 9 nitrogen and oxygen atoms in total. The summed E-state index contributed by atoms with van der Waals surface area (Å²) in [6.45, 7) is 5.76. The van der Waals surface area contributed by atoms with Gasteiger partial charge in [-0.05, 0) is 31.5 Å². The largest absolute Gasteiger partial charge is 0.497 e. The van der Waals surface area contributed by atoms with Gasteiger partial charge in [-0.2, -0.15) is 4.31 Å². The number of likely N-dealkylation sites (N-methyl/N-ethyl adjacent to an activating group) is 1. The van der Waals surface area contributed by atoms with Gasteiger partial charge in [0.05, 0.1) is 31.2 Å². The van der Waals surface area contributed by atoms with Crippen molar-refractivity contribution in [3.8, 4) is 23.5 Å². The van der Waals surface area contributed by atoms with Gasteiger partial charge in [-0.1, -0.05) is 31.8 Å². The highest BCUT2D eigenvalue weighted by Crippen LogP contribution is 2.28. The smallest absolute Gasteiger partial charge is 0.259 e. The van der Waals surface area contributed by atoms with E-state index in [-0.39, 0.29) is 47.9 Å². The van der Waals surface area contributed by atoms with E-state index in [4.69, 9.17) is 9.47 Å². The van der Waals surface area contributed by atoms with E-state index in [1.165, 1.54) is 30.6 Å². The zero-order valence-corrected chi connectivity index (χ0v) is 22.8. The number of hydrogen-bond acceptors (Lipinski definition) is 7. The number of carbonyl (C=O) groups is 1. The van der Waals surface area contributed by atoms with Crippen molar-refractivity contribution in [2.45, 2.75) is 50.7 Å². The summed E-state index contributed by atoms with van der Waals surface area (Å²) in [7, 11) is -0.876. The Morgan fingerprint density at radius 2 is 2.11 bits per heavy atom. The summed E-state index contributed by atoms with van der Waals surface area (Å²) in [6.07, 6.45) is 2.58. The molecule has 2 heterocycles. The summed E-state index contributed by atoms with van der Waals surface area (Å²) in [6, 6.07) is 7.47. The van der Waals surface area contributed by atoms with Crippen molar-refractivity contribution in [2.75, 3.05) is 33.9 Å². The molecule has 1 N–H and O–H groups in total. The Morgan fingerprint density at radius 1 is 1.35 bits per heavy atom. The topological polar surface area (TPSA) is 109 Å². The van der Waals surface area contributed by atoms with Crippen LogP contribution in [0.2, 0.25) is 0 Å². The van der Waals surface area contributed by atoms with Gasteiger partial charge < -0.3 is 19.5 Å². The molecule has 0 bridgehead atoms. The number of benzene rings is 1. The molecule has 0 saturated carbocycles. The van der Waals surface area contributed by atoms with Gasteiger partial charge in [0.1, 0.15) is 17.4 Å². The van der Waals surface area contributed by atoms with Crippen LogP contribution in [-0.4, -0.2) is 79.6 Å². The number of carbonyl (C=O) groups excluding carboxylic acids is 1. The third-order valence-corrected chi connectivity index (χ3v) is 8.13. The van der Waals surface area contributed by atoms with Gasteiger partial charge in [0.25, 0.3) is 5.91 Å². The quantitative estimate of drug-likeness (QED) is 0.524. The molecular formula is C27H35N3O6S. The van der Waals surface area contributed by atoms with Gasteiger partial charge in [-0.25, -0.2) is 13.4 Å². The monoisotopic (exact) mass is 529 g/mol. The first-order valence-electron chi connectivity index (χ1n) is 12.3. The van der Waals surface area contributed by atoms with E-state index < -0.39 is 22.2 Å². The molecule has 1 amide bonds. The average molecular weight is 530 g/mol. The number of sulfonamides is 1. The molecule has 2 aromatic rings. The van der Waals surface area contributed by atoms with Crippen LogP contribution in [0.4, 0.5) is 0 Å². The molecule has 1 aliphatic heterocycles. The lowest BCUT2D eigenvalue weighted by Crippen LogP contribution is -2.50. The number of rotatable bonds is 8. The van der Waals surface area contributed by atoms with Crippen molar-refractivity contribution >= 4 is 15.9 Å². The first-order valence-corrected chi connectivity index (χ1v) is 13.7. The van der Waals surface area contributed by atoms with Gasteiger partial charge in [0.2, 0.25) is 15.9 Å². The molecule has 0 fully saturated rings. The minimum absolute atomic E-state index is 0.0232. The maximum atomic E-state index is 13.5. The van der Waals surface area contributed by atoms with Gasteiger partial charge >= 0.3 is 0 Å². The van der Waals surface area contributed by atoms with E-state index in [1.807, 2.05) is 13.8 Å². The molecule has 0 aliphatic carbocycles. The Bertz CT molecular complexity index is 1270. The lowest BCUT2D eigenvalue weighted by Gasteiger charge is -2.37. The minimum Gasteiger partial charge on any atom is -0.497 e. The predicted molar refractivity (Wildman–Crippen MR) is 140 cm³/mol. The maximum Gasteiger partial charge on any atom is 0.259 e. The minimum atomic E-state index is -3.84. The fourth-order valence-electron chi connectivity index (χ4n) is 3.97. The summed E-state index contributed by atoms with van der Waals surface area (Å²) < 4.78 is 39.2. The second-order valence-corrected chi connectivity index (χ2v) is 11.3. The summed E-state index contributed by atoms with van der Waals surface area (Å²) in [5.74, 6) is 6.05. The van der Waals surface area contributed by atoms with Crippen LogP contribution in [0.1, 0.15) is 49.5 Å². The van der Waals surface area contributed by atoms with Gasteiger partial charge in [0, 0.05) is 43.8 Å². The predicted octanol–water partition coefficient (Wildman–Crippen LogP) is 2.78. The van der Waals surface area contributed by atoms with Crippen molar-refractivity contribution in [2.24, 2.45) is 5.92 Å². The Balaban J connectivity index is 1.97. The highest BCUT2D eigenvalue weighted by molar-refractivity contribution is 7.89. The van der Waals surface area contributed by atoms with Gasteiger partial charge in [0.15, 0.2) is 0 Å². The second kappa shape index (κ2) is 12.4. The number of ether oxygens (including phenoxy) is 2. The van der Waals surface area contributed by atoms with Crippen molar-refractivity contribution in [1.29, 1.82) is 0 Å². The van der Waals surface area contributed by atoms with Crippen LogP contribution in [0, 0.1) is 17.8 Å². The number of aromatic nitrogens is 1. The number of nitrogens with zero attached hydrogens (tertiary/aromatic N) is 3. The standard InChI is InChI=1S/C27H35N3O6S/c1-6-7-8-10-21-13-24-26(28-15-21)36-25(19(2)16-30(27(24)32)20(3)18-31)17-29(4)37(33,34)23-12-9-11-22(14-23)35-5/h9,11-15,19-20,25,31H,6-7,16-18H2,1-5H3/t19-,20+,25-/m0/s1. The van der Waals surface area contributed by atoms with Crippen LogP contribution in [0.25, 0.3) is 0 Å². The molecule has 1 aromatic carbocycles. The van der Waals surface area contributed by atoms with E-state index >= 15 is 0 Å². The molecule has 0 spiro atoms. The van der Waals surface area contributed by atoms with E-state index in [1.54, 1.807) is 36.2 Å². The zero-order valence-electron chi connectivity index (χ0n) is 22.0. The highest BCUT2D eigenvalue weighted by Gasteiger charge is 2.36. The third kappa shape index (κ3) is 6.60. The number of pyridine rings is 1. The molecule has 10 heteroatoms. The fraction of sp³-hybridized carbons (Fsp3) is 0.481. The Morgan fingerprint density at radius 3 is 2.78 bits per heavy atom. The van der Waals surface area contributed by atoms with Crippen LogP contribution in [-0.2, 0) is 10.0 Å². The van der Waals surface area contributed by atoms with Crippen molar-refractivity contribution in [3.63, 3.8) is 0 Å².